The fraction of sp³-hybridized carbons (Fsp3) is 0.176. The number of nitrogens with one attached hydrogen (secondary N) is 1. The predicted molar refractivity (Wildman–Crippen MR) is 87.6 cm³/mol. The highest BCUT2D eigenvalue weighted by atomic mass is 15.1. The van der Waals surface area contributed by atoms with E-state index >= 15 is 0 Å². The smallest absolute Gasteiger partial charge is 0.136 e. The van der Waals surface area contributed by atoms with Crippen molar-refractivity contribution in [1.29, 1.82) is 0 Å². The molecule has 3 rings (SSSR count). The molecule has 0 aliphatic carbocycles. The first kappa shape index (κ1) is 13.4. The second-order valence-corrected chi connectivity index (χ2v) is 5.14. The standard InChI is InChI=1S/C17H18N4/c1-21(2)17-15-6-4-3-5-14(15)16(12-20-17)19-11-13-7-9-18-10-8-13/h3-10,12,19H,11H2,1-2H3. The van der Waals surface area contributed by atoms with Gasteiger partial charge in [-0.15, -0.1) is 0 Å². The van der Waals surface area contributed by atoms with Crippen LogP contribution in [0, 0.1) is 0 Å². The van der Waals surface area contributed by atoms with Crippen molar-refractivity contribution < 1.29 is 0 Å². The molecule has 0 atom stereocenters. The number of rotatable bonds is 4. The van der Waals surface area contributed by atoms with Crippen LogP contribution >= 0.6 is 0 Å². The lowest BCUT2D eigenvalue weighted by Gasteiger charge is -2.17. The van der Waals surface area contributed by atoms with E-state index in [2.05, 4.69) is 33.5 Å². The van der Waals surface area contributed by atoms with Crippen LogP contribution in [0.25, 0.3) is 10.8 Å². The highest BCUT2D eigenvalue weighted by molar-refractivity contribution is 6.00. The fourth-order valence-electron chi connectivity index (χ4n) is 2.37. The van der Waals surface area contributed by atoms with E-state index in [1.54, 1.807) is 0 Å². The maximum atomic E-state index is 4.57. The summed E-state index contributed by atoms with van der Waals surface area (Å²) >= 11 is 0. The number of pyridine rings is 2. The average molecular weight is 278 g/mol. The highest BCUT2D eigenvalue weighted by Crippen LogP contribution is 2.29. The van der Waals surface area contributed by atoms with Gasteiger partial charge in [0, 0.05) is 43.8 Å². The Kier molecular flexibility index (Phi) is 3.69. The van der Waals surface area contributed by atoms with Gasteiger partial charge in [0.2, 0.25) is 0 Å². The van der Waals surface area contributed by atoms with Crippen LogP contribution in [0.5, 0.6) is 0 Å². The van der Waals surface area contributed by atoms with Crippen LogP contribution < -0.4 is 10.2 Å². The van der Waals surface area contributed by atoms with Gasteiger partial charge in [0.15, 0.2) is 0 Å². The highest BCUT2D eigenvalue weighted by Gasteiger charge is 2.08. The Balaban J connectivity index is 1.94. The second kappa shape index (κ2) is 5.79. The van der Waals surface area contributed by atoms with Gasteiger partial charge in [-0.3, -0.25) is 4.98 Å². The third kappa shape index (κ3) is 2.79. The minimum atomic E-state index is 0.759. The van der Waals surface area contributed by atoms with Gasteiger partial charge in [0.1, 0.15) is 5.82 Å². The van der Waals surface area contributed by atoms with Crippen molar-refractivity contribution in [1.82, 2.24) is 9.97 Å². The summed E-state index contributed by atoms with van der Waals surface area (Å²) in [4.78, 5) is 10.6. The first-order valence-corrected chi connectivity index (χ1v) is 6.93. The minimum absolute atomic E-state index is 0.759. The van der Waals surface area contributed by atoms with Crippen molar-refractivity contribution in [2.24, 2.45) is 0 Å². The molecule has 0 radical (unpaired) electrons. The maximum Gasteiger partial charge on any atom is 0.136 e. The summed E-state index contributed by atoms with van der Waals surface area (Å²) in [6, 6.07) is 12.4. The molecule has 0 spiro atoms. The molecule has 0 unspecified atom stereocenters. The van der Waals surface area contributed by atoms with Crippen molar-refractivity contribution >= 4 is 22.3 Å². The van der Waals surface area contributed by atoms with E-state index in [4.69, 9.17) is 0 Å². The van der Waals surface area contributed by atoms with Crippen LogP contribution in [-0.4, -0.2) is 24.1 Å². The molecule has 3 aromatic rings. The van der Waals surface area contributed by atoms with Crippen molar-refractivity contribution in [3.63, 3.8) is 0 Å². The molecule has 0 fully saturated rings. The topological polar surface area (TPSA) is 41.1 Å². The molecule has 0 aliphatic heterocycles. The Bertz CT molecular complexity index is 738. The van der Waals surface area contributed by atoms with Crippen LogP contribution in [0.2, 0.25) is 0 Å². The lowest BCUT2D eigenvalue weighted by atomic mass is 10.1. The number of nitrogens with zero attached hydrogens (tertiary/aromatic N) is 3. The molecule has 0 saturated heterocycles. The van der Waals surface area contributed by atoms with Crippen LogP contribution in [0.3, 0.4) is 0 Å². The van der Waals surface area contributed by atoms with Crippen LogP contribution in [-0.2, 0) is 6.54 Å². The number of aromatic nitrogens is 2. The minimum Gasteiger partial charge on any atom is -0.379 e. The van der Waals surface area contributed by atoms with Gasteiger partial charge in [-0.05, 0) is 17.7 Å². The Morgan fingerprint density at radius 3 is 2.43 bits per heavy atom. The van der Waals surface area contributed by atoms with Crippen molar-refractivity contribution in [2.45, 2.75) is 6.54 Å². The van der Waals surface area contributed by atoms with E-state index in [0.29, 0.717) is 0 Å². The lowest BCUT2D eigenvalue weighted by Crippen LogP contribution is -2.11. The van der Waals surface area contributed by atoms with E-state index in [1.807, 2.05) is 55.8 Å². The number of hydrogen-bond acceptors (Lipinski definition) is 4. The third-order valence-corrected chi connectivity index (χ3v) is 3.43. The molecule has 0 aliphatic rings. The molecule has 0 saturated carbocycles. The molecule has 21 heavy (non-hydrogen) atoms. The van der Waals surface area contributed by atoms with Crippen molar-refractivity contribution in [3.8, 4) is 0 Å². The fourth-order valence-corrected chi connectivity index (χ4v) is 2.37. The van der Waals surface area contributed by atoms with Gasteiger partial charge in [-0.2, -0.15) is 0 Å². The molecule has 2 heterocycles. The summed E-state index contributed by atoms with van der Waals surface area (Å²) in [5, 5.41) is 5.80. The molecule has 106 valence electrons. The van der Waals surface area contributed by atoms with E-state index in [0.717, 1.165) is 23.4 Å². The quantitative estimate of drug-likeness (QED) is 0.795. The molecule has 1 aromatic carbocycles. The van der Waals surface area contributed by atoms with E-state index in [-0.39, 0.29) is 0 Å². The van der Waals surface area contributed by atoms with Crippen LogP contribution in [0.15, 0.2) is 55.0 Å². The maximum absolute atomic E-state index is 4.57. The van der Waals surface area contributed by atoms with E-state index in [1.165, 1.54) is 10.9 Å². The molecular weight excluding hydrogens is 260 g/mol. The molecule has 0 amide bonds. The zero-order valence-electron chi connectivity index (χ0n) is 12.2. The molecule has 4 nitrogen and oxygen atoms in total. The predicted octanol–water partition coefficient (Wildman–Crippen LogP) is 3.31. The Hall–Kier alpha value is -2.62. The molecular formula is C17H18N4. The molecule has 4 heteroatoms. The van der Waals surface area contributed by atoms with Gasteiger partial charge >= 0.3 is 0 Å². The number of hydrogen-bond donors (Lipinski definition) is 1. The summed E-state index contributed by atoms with van der Waals surface area (Å²) in [7, 11) is 4.03. The largest absolute Gasteiger partial charge is 0.379 e. The summed E-state index contributed by atoms with van der Waals surface area (Å²) < 4.78 is 0. The van der Waals surface area contributed by atoms with Gasteiger partial charge in [-0.25, -0.2) is 4.98 Å². The zero-order chi connectivity index (χ0) is 14.7. The number of benzene rings is 1. The third-order valence-electron chi connectivity index (χ3n) is 3.43. The summed E-state index contributed by atoms with van der Waals surface area (Å²) in [6.45, 7) is 0.759. The van der Waals surface area contributed by atoms with Gasteiger partial charge in [0.05, 0.1) is 11.9 Å². The molecule has 2 aromatic heterocycles. The monoisotopic (exact) mass is 278 g/mol. The van der Waals surface area contributed by atoms with Gasteiger partial charge in [-0.1, -0.05) is 24.3 Å². The zero-order valence-corrected chi connectivity index (χ0v) is 12.2. The van der Waals surface area contributed by atoms with Crippen LogP contribution in [0.1, 0.15) is 5.56 Å². The van der Waals surface area contributed by atoms with Crippen molar-refractivity contribution in [3.05, 3.63) is 60.6 Å². The summed E-state index contributed by atoms with van der Waals surface area (Å²) in [5.74, 6) is 0.986. The Labute approximate surface area is 124 Å². The summed E-state index contributed by atoms with van der Waals surface area (Å²) in [5.41, 5.74) is 2.25. The normalized spacial score (nSPS) is 10.6. The lowest BCUT2D eigenvalue weighted by molar-refractivity contribution is 1.07. The van der Waals surface area contributed by atoms with Gasteiger partial charge < -0.3 is 10.2 Å². The molecule has 0 bridgehead atoms. The Morgan fingerprint density at radius 2 is 1.71 bits per heavy atom. The van der Waals surface area contributed by atoms with Gasteiger partial charge in [0.25, 0.3) is 0 Å². The van der Waals surface area contributed by atoms with Crippen molar-refractivity contribution in [2.75, 3.05) is 24.3 Å². The SMILES string of the molecule is CN(C)c1ncc(NCc2ccncc2)c2ccccc12. The Morgan fingerprint density at radius 1 is 1.00 bits per heavy atom. The van der Waals surface area contributed by atoms with E-state index in [9.17, 15) is 0 Å². The van der Waals surface area contributed by atoms with E-state index < -0.39 is 0 Å². The molecule has 1 N–H and O–H groups in total. The average Bonchev–Trinajstić information content (AvgIpc) is 2.53. The second-order valence-electron chi connectivity index (χ2n) is 5.14. The summed E-state index contributed by atoms with van der Waals surface area (Å²) in [6.07, 6.45) is 5.52. The van der Waals surface area contributed by atoms with Crippen LogP contribution in [0.4, 0.5) is 11.5 Å². The number of fused-ring (bicyclic) bond motifs is 1. The first-order chi connectivity index (χ1) is 10.3. The first-order valence-electron chi connectivity index (χ1n) is 6.93. The number of anilines is 2.